The molecule has 0 saturated heterocycles. The number of rotatable bonds is 5. The number of pyridine rings is 1. The van der Waals surface area contributed by atoms with Crippen molar-refractivity contribution < 1.29 is 13.3 Å². The molecule has 0 unspecified atom stereocenters. The highest BCUT2D eigenvalue weighted by molar-refractivity contribution is 7.89. The second-order valence-electron chi connectivity index (χ2n) is 4.49. The van der Waals surface area contributed by atoms with E-state index >= 15 is 0 Å². The number of halogens is 1. The largest absolute Gasteiger partial charge is 0.290 e. The van der Waals surface area contributed by atoms with E-state index in [9.17, 15) is 18.5 Å². The molecule has 22 heavy (non-hydrogen) atoms. The van der Waals surface area contributed by atoms with Gasteiger partial charge in [0.15, 0.2) is 4.90 Å². The van der Waals surface area contributed by atoms with Crippen LogP contribution in [0, 0.1) is 10.1 Å². The van der Waals surface area contributed by atoms with Crippen molar-refractivity contribution in [2.75, 3.05) is 7.05 Å². The fourth-order valence-corrected chi connectivity index (χ4v) is 3.31. The maximum atomic E-state index is 12.5. The fraction of sp³-hybridized carbons (Fsp3) is 0.154. The van der Waals surface area contributed by atoms with Crippen LogP contribution in [0.2, 0.25) is 5.02 Å². The third-order valence-electron chi connectivity index (χ3n) is 2.96. The maximum absolute atomic E-state index is 12.5. The summed E-state index contributed by atoms with van der Waals surface area (Å²) in [6, 6.07) is 6.81. The lowest BCUT2D eigenvalue weighted by atomic mass is 10.3. The average Bonchev–Trinajstić information content (AvgIpc) is 2.47. The fourth-order valence-electron chi connectivity index (χ4n) is 1.85. The van der Waals surface area contributed by atoms with Gasteiger partial charge in [0.05, 0.1) is 4.92 Å². The highest BCUT2D eigenvalue weighted by Gasteiger charge is 2.29. The van der Waals surface area contributed by atoms with Gasteiger partial charge in [0.1, 0.15) is 0 Å². The van der Waals surface area contributed by atoms with Gasteiger partial charge in [0, 0.05) is 37.1 Å². The maximum Gasteiger partial charge on any atom is 0.290 e. The van der Waals surface area contributed by atoms with E-state index in [0.717, 1.165) is 22.0 Å². The van der Waals surface area contributed by atoms with Crippen LogP contribution in [-0.2, 0) is 16.6 Å². The van der Waals surface area contributed by atoms with Crippen molar-refractivity contribution in [3.05, 3.63) is 63.4 Å². The molecule has 0 spiro atoms. The lowest BCUT2D eigenvalue weighted by Gasteiger charge is -2.17. The molecule has 1 heterocycles. The summed E-state index contributed by atoms with van der Waals surface area (Å²) < 4.78 is 26.1. The van der Waals surface area contributed by atoms with Crippen LogP contribution in [0.5, 0.6) is 0 Å². The van der Waals surface area contributed by atoms with E-state index in [1.165, 1.54) is 13.1 Å². The molecular formula is C13H12ClN3O4S. The minimum absolute atomic E-state index is 0.0740. The zero-order valence-corrected chi connectivity index (χ0v) is 13.1. The van der Waals surface area contributed by atoms with Gasteiger partial charge in [-0.15, -0.1) is 0 Å². The number of hydrogen-bond acceptors (Lipinski definition) is 5. The number of hydrogen-bond donors (Lipinski definition) is 0. The van der Waals surface area contributed by atoms with Crippen molar-refractivity contribution in [3.63, 3.8) is 0 Å². The minimum Gasteiger partial charge on any atom is -0.265 e. The Balaban J connectivity index is 2.40. The molecule has 1 aromatic carbocycles. The Labute approximate surface area is 132 Å². The van der Waals surface area contributed by atoms with Gasteiger partial charge in [0.25, 0.3) is 5.69 Å². The third-order valence-corrected chi connectivity index (χ3v) is 5.05. The van der Waals surface area contributed by atoms with Crippen LogP contribution in [0.1, 0.15) is 5.56 Å². The van der Waals surface area contributed by atoms with Crippen LogP contribution in [0.25, 0.3) is 0 Å². The summed E-state index contributed by atoms with van der Waals surface area (Å²) in [7, 11) is -2.66. The smallest absolute Gasteiger partial charge is 0.265 e. The first kappa shape index (κ1) is 16.3. The first-order valence-corrected chi connectivity index (χ1v) is 7.93. The number of nitrogens with zero attached hydrogens (tertiary/aromatic N) is 3. The topological polar surface area (TPSA) is 93.4 Å². The Hall–Kier alpha value is -2.03. The van der Waals surface area contributed by atoms with Crippen molar-refractivity contribution in [3.8, 4) is 0 Å². The quantitative estimate of drug-likeness (QED) is 0.615. The summed E-state index contributed by atoms with van der Waals surface area (Å²) in [6.45, 7) is 0.0740. The van der Waals surface area contributed by atoms with Crippen molar-refractivity contribution in [2.24, 2.45) is 0 Å². The van der Waals surface area contributed by atoms with Gasteiger partial charge in [-0.2, -0.15) is 4.31 Å². The molecule has 0 aliphatic carbocycles. The minimum atomic E-state index is -4.02. The van der Waals surface area contributed by atoms with Gasteiger partial charge in [0.2, 0.25) is 10.0 Å². The number of nitro benzene ring substituents is 1. The summed E-state index contributed by atoms with van der Waals surface area (Å²) in [4.78, 5) is 13.8. The van der Waals surface area contributed by atoms with Crippen LogP contribution < -0.4 is 0 Å². The highest BCUT2D eigenvalue weighted by Crippen LogP contribution is 2.29. The standard InChI is InChI=1S/C13H12ClN3O4S/c1-16(9-10-4-6-15-7-5-10)22(20,21)13-3-2-11(14)8-12(13)17(18)19/h2-8H,9H2,1H3. The predicted octanol–water partition coefficient (Wildman–Crippen LogP) is 2.46. The Morgan fingerprint density at radius 1 is 1.27 bits per heavy atom. The Morgan fingerprint density at radius 2 is 1.91 bits per heavy atom. The van der Waals surface area contributed by atoms with Gasteiger partial charge >= 0.3 is 0 Å². The molecule has 9 heteroatoms. The summed E-state index contributed by atoms with van der Waals surface area (Å²) in [6.07, 6.45) is 3.08. The van der Waals surface area contributed by atoms with Crippen molar-refractivity contribution in [1.82, 2.24) is 9.29 Å². The molecule has 0 radical (unpaired) electrons. The molecule has 0 N–H and O–H groups in total. The van der Waals surface area contributed by atoms with Gasteiger partial charge in [-0.25, -0.2) is 8.42 Å². The monoisotopic (exact) mass is 341 g/mol. The van der Waals surface area contributed by atoms with Crippen LogP contribution in [0.3, 0.4) is 0 Å². The van der Waals surface area contributed by atoms with Crippen LogP contribution in [0.15, 0.2) is 47.6 Å². The molecule has 0 atom stereocenters. The van der Waals surface area contributed by atoms with Crippen molar-refractivity contribution >= 4 is 27.3 Å². The predicted molar refractivity (Wildman–Crippen MR) is 81.0 cm³/mol. The number of nitro groups is 1. The Morgan fingerprint density at radius 3 is 2.50 bits per heavy atom. The molecule has 2 rings (SSSR count). The van der Waals surface area contributed by atoms with E-state index in [0.29, 0.717) is 0 Å². The molecule has 0 bridgehead atoms. The Bertz CT molecular complexity index is 796. The molecular weight excluding hydrogens is 330 g/mol. The normalized spacial score (nSPS) is 11.6. The second kappa shape index (κ2) is 6.39. The number of benzene rings is 1. The van der Waals surface area contributed by atoms with E-state index in [-0.39, 0.29) is 11.6 Å². The van der Waals surface area contributed by atoms with E-state index in [4.69, 9.17) is 11.6 Å². The molecule has 116 valence electrons. The molecule has 2 aromatic rings. The number of aromatic nitrogens is 1. The first-order chi connectivity index (χ1) is 10.3. The summed E-state index contributed by atoms with van der Waals surface area (Å²) >= 11 is 5.70. The second-order valence-corrected chi connectivity index (χ2v) is 6.94. The molecule has 1 aromatic heterocycles. The van der Waals surface area contributed by atoms with E-state index in [1.54, 1.807) is 24.5 Å². The molecule has 0 aliphatic heterocycles. The lowest BCUT2D eigenvalue weighted by molar-refractivity contribution is -0.387. The number of sulfonamides is 1. The lowest BCUT2D eigenvalue weighted by Crippen LogP contribution is -2.27. The van der Waals surface area contributed by atoms with Gasteiger partial charge in [-0.05, 0) is 29.8 Å². The first-order valence-electron chi connectivity index (χ1n) is 6.11. The molecule has 0 fully saturated rings. The molecule has 0 aliphatic rings. The van der Waals surface area contributed by atoms with Crippen LogP contribution in [-0.4, -0.2) is 29.7 Å². The molecule has 0 saturated carbocycles. The average molecular weight is 342 g/mol. The van der Waals surface area contributed by atoms with E-state index in [1.807, 2.05) is 0 Å². The van der Waals surface area contributed by atoms with Crippen LogP contribution >= 0.6 is 11.6 Å². The van der Waals surface area contributed by atoms with Gasteiger partial charge in [-0.1, -0.05) is 11.6 Å². The highest BCUT2D eigenvalue weighted by atomic mass is 35.5. The Kier molecular flexibility index (Phi) is 4.74. The summed E-state index contributed by atoms with van der Waals surface area (Å²) in [5.41, 5.74) is 0.173. The van der Waals surface area contributed by atoms with Gasteiger partial charge in [-0.3, -0.25) is 15.1 Å². The van der Waals surface area contributed by atoms with E-state index in [2.05, 4.69) is 4.98 Å². The summed E-state index contributed by atoms with van der Waals surface area (Å²) in [5.74, 6) is 0. The van der Waals surface area contributed by atoms with Gasteiger partial charge < -0.3 is 0 Å². The molecule has 7 nitrogen and oxygen atoms in total. The third kappa shape index (κ3) is 3.41. The van der Waals surface area contributed by atoms with Crippen LogP contribution in [0.4, 0.5) is 5.69 Å². The zero-order valence-electron chi connectivity index (χ0n) is 11.5. The SMILES string of the molecule is CN(Cc1ccncc1)S(=O)(=O)c1ccc(Cl)cc1[N+](=O)[O-]. The van der Waals surface area contributed by atoms with Crippen molar-refractivity contribution in [1.29, 1.82) is 0 Å². The summed E-state index contributed by atoms with van der Waals surface area (Å²) in [5, 5.41) is 11.2. The molecule has 0 amide bonds. The van der Waals surface area contributed by atoms with Crippen molar-refractivity contribution in [2.45, 2.75) is 11.4 Å². The van der Waals surface area contributed by atoms with E-state index < -0.39 is 25.5 Å². The zero-order chi connectivity index (χ0) is 16.3.